The van der Waals surface area contributed by atoms with Gasteiger partial charge in [0.2, 0.25) is 5.91 Å². The van der Waals surface area contributed by atoms with Gasteiger partial charge in [-0.2, -0.15) is 0 Å². The fraction of sp³-hybridized carbons (Fsp3) is 0.391. The Balaban J connectivity index is 4.49. The molecule has 0 aromatic rings. The second-order valence-corrected chi connectivity index (χ2v) is 7.62. The third-order valence-electron chi connectivity index (χ3n) is 3.69. The molecule has 0 bridgehead atoms. The number of rotatable bonds is 14. The molecular formula is C23H31NO5S. The van der Waals surface area contributed by atoms with Crippen LogP contribution in [0.25, 0.3) is 0 Å². The zero-order valence-corrected chi connectivity index (χ0v) is 18.9. The van der Waals surface area contributed by atoms with E-state index >= 15 is 0 Å². The van der Waals surface area contributed by atoms with Crippen LogP contribution in [0.5, 0.6) is 0 Å². The number of carbonyl (C=O) groups excluding carboxylic acids is 2. The first-order valence-electron chi connectivity index (χ1n) is 9.40. The van der Waals surface area contributed by atoms with E-state index in [0.717, 1.165) is 0 Å². The van der Waals surface area contributed by atoms with E-state index in [0.29, 0.717) is 23.3 Å². The molecular weight excluding hydrogens is 402 g/mol. The van der Waals surface area contributed by atoms with Gasteiger partial charge in [-0.3, -0.25) is 9.10 Å². The molecule has 0 N–H and O–H groups in total. The summed E-state index contributed by atoms with van der Waals surface area (Å²) in [5.74, 6) is 5.42. The lowest BCUT2D eigenvalue weighted by atomic mass is 10.1. The van der Waals surface area contributed by atoms with Gasteiger partial charge in [0.25, 0.3) is 0 Å². The number of allylic oxidation sites excluding steroid dienone is 4. The van der Waals surface area contributed by atoms with E-state index < -0.39 is 17.0 Å². The minimum Gasteiger partial charge on any atom is -0.490 e. The number of ether oxygens (including phenoxy) is 2. The van der Waals surface area contributed by atoms with Gasteiger partial charge in [-0.1, -0.05) is 44.0 Å². The van der Waals surface area contributed by atoms with Gasteiger partial charge in [-0.15, -0.1) is 11.8 Å². The molecule has 0 radical (unpaired) electrons. The highest BCUT2D eigenvalue weighted by atomic mass is 32.2. The molecule has 164 valence electrons. The second-order valence-electron chi connectivity index (χ2n) is 6.10. The Bertz CT molecular complexity index is 783. The summed E-state index contributed by atoms with van der Waals surface area (Å²) in [4.78, 5) is 24.1. The first-order chi connectivity index (χ1) is 14.2. The summed E-state index contributed by atoms with van der Waals surface area (Å²) in [7, 11) is 0.0138. The van der Waals surface area contributed by atoms with Crippen LogP contribution < -0.4 is 0 Å². The van der Waals surface area contributed by atoms with Crippen LogP contribution in [-0.2, 0) is 30.0 Å². The number of nitrogens with zero attached hydrogens (tertiary/aromatic N) is 1. The zero-order chi connectivity index (χ0) is 22.9. The van der Waals surface area contributed by atoms with E-state index in [1.165, 1.54) is 17.4 Å². The minimum absolute atomic E-state index is 0.0721. The topological polar surface area (TPSA) is 72.9 Å². The van der Waals surface area contributed by atoms with Crippen molar-refractivity contribution in [1.29, 1.82) is 0 Å². The minimum atomic E-state index is -1.48. The van der Waals surface area contributed by atoms with Gasteiger partial charge in [-0.05, 0) is 25.8 Å². The van der Waals surface area contributed by atoms with Crippen LogP contribution in [0.1, 0.15) is 33.1 Å². The van der Waals surface area contributed by atoms with Crippen molar-refractivity contribution in [2.75, 3.05) is 26.0 Å². The largest absolute Gasteiger partial charge is 0.490 e. The molecule has 1 amide bonds. The molecule has 0 saturated heterocycles. The fourth-order valence-corrected chi connectivity index (χ4v) is 2.76. The van der Waals surface area contributed by atoms with Crippen LogP contribution in [0.3, 0.4) is 0 Å². The maximum atomic E-state index is 12.2. The van der Waals surface area contributed by atoms with E-state index in [1.54, 1.807) is 32.1 Å². The molecule has 1 atom stereocenters. The molecule has 7 heteroatoms. The lowest BCUT2D eigenvalue weighted by Gasteiger charge is -2.14. The monoisotopic (exact) mass is 433 g/mol. The summed E-state index contributed by atoms with van der Waals surface area (Å²) in [5.41, 5.74) is 1.10. The number of hydrogen-bond donors (Lipinski definition) is 0. The maximum Gasteiger partial charge on any atom is 0.334 e. The predicted octanol–water partition coefficient (Wildman–Crippen LogP) is 3.62. The zero-order valence-electron chi connectivity index (χ0n) is 18.1. The molecule has 0 saturated carbocycles. The first-order valence-corrected chi connectivity index (χ1v) is 10.7. The van der Waals surface area contributed by atoms with Gasteiger partial charge < -0.3 is 9.47 Å². The van der Waals surface area contributed by atoms with Crippen LogP contribution in [0.15, 0.2) is 60.9 Å². The number of esters is 1. The van der Waals surface area contributed by atoms with Gasteiger partial charge in [0.05, 0.1) is 5.75 Å². The molecule has 0 spiro atoms. The van der Waals surface area contributed by atoms with Crippen molar-refractivity contribution in [3.05, 3.63) is 60.9 Å². The number of hydrogen-bond acceptors (Lipinski definition) is 5. The highest BCUT2D eigenvalue weighted by Gasteiger charge is 2.13. The molecule has 6 nitrogen and oxygen atoms in total. The third-order valence-corrected chi connectivity index (χ3v) is 4.98. The van der Waals surface area contributed by atoms with Gasteiger partial charge >= 0.3 is 5.97 Å². The van der Waals surface area contributed by atoms with Gasteiger partial charge in [0.15, 0.2) is 0 Å². The SMILES string of the molecule is C=C/C=C(\C/C=C\CS(=O)N(C)C(=O)CCC#CC)C(=O)OCCOC(=C)C(=C)C. The van der Waals surface area contributed by atoms with Crippen molar-refractivity contribution in [1.82, 2.24) is 4.31 Å². The van der Waals surface area contributed by atoms with E-state index in [-0.39, 0.29) is 37.7 Å². The van der Waals surface area contributed by atoms with Crippen molar-refractivity contribution in [2.45, 2.75) is 33.1 Å². The summed E-state index contributed by atoms with van der Waals surface area (Å²) in [5, 5.41) is 0. The van der Waals surface area contributed by atoms with Gasteiger partial charge in [0, 0.05) is 25.5 Å². The molecule has 0 aromatic heterocycles. The van der Waals surface area contributed by atoms with Crippen molar-refractivity contribution >= 4 is 22.9 Å². The molecule has 0 rings (SSSR count). The molecule has 0 aromatic carbocycles. The van der Waals surface area contributed by atoms with E-state index in [1.807, 2.05) is 0 Å². The Kier molecular flexibility index (Phi) is 14.5. The quantitative estimate of drug-likeness (QED) is 0.0796. The predicted molar refractivity (Wildman–Crippen MR) is 121 cm³/mol. The lowest BCUT2D eigenvalue weighted by Crippen LogP contribution is -2.29. The van der Waals surface area contributed by atoms with Crippen LogP contribution in [0, 0.1) is 11.8 Å². The number of amides is 1. The van der Waals surface area contributed by atoms with E-state index in [4.69, 9.17) is 9.47 Å². The fourth-order valence-electron chi connectivity index (χ4n) is 1.91. The lowest BCUT2D eigenvalue weighted by molar-refractivity contribution is -0.140. The van der Waals surface area contributed by atoms with Crippen molar-refractivity contribution < 1.29 is 23.3 Å². The molecule has 30 heavy (non-hydrogen) atoms. The number of carbonyl (C=O) groups is 2. The molecule has 0 aliphatic rings. The van der Waals surface area contributed by atoms with Gasteiger partial charge in [0.1, 0.15) is 30.0 Å². The van der Waals surface area contributed by atoms with Crippen LogP contribution in [-0.4, -0.2) is 46.4 Å². The van der Waals surface area contributed by atoms with E-state index in [9.17, 15) is 13.8 Å². The molecule has 0 aliphatic carbocycles. The van der Waals surface area contributed by atoms with Crippen molar-refractivity contribution in [3.63, 3.8) is 0 Å². The summed E-state index contributed by atoms with van der Waals surface area (Å²) in [6.07, 6.45) is 7.37. The molecule has 0 fully saturated rings. The van der Waals surface area contributed by atoms with Crippen LogP contribution in [0.2, 0.25) is 0 Å². The first kappa shape index (κ1) is 27.1. The maximum absolute atomic E-state index is 12.2. The van der Waals surface area contributed by atoms with Crippen molar-refractivity contribution in [2.24, 2.45) is 0 Å². The normalized spacial score (nSPS) is 11.8. The van der Waals surface area contributed by atoms with Gasteiger partial charge in [-0.25, -0.2) is 9.00 Å². The summed E-state index contributed by atoms with van der Waals surface area (Å²) >= 11 is 0. The third kappa shape index (κ3) is 11.9. The Morgan fingerprint density at radius 1 is 1.17 bits per heavy atom. The Morgan fingerprint density at radius 2 is 1.83 bits per heavy atom. The Hall–Kier alpha value is -2.85. The molecule has 1 unspecified atom stereocenters. The second kappa shape index (κ2) is 16.0. The average molecular weight is 434 g/mol. The summed E-state index contributed by atoms with van der Waals surface area (Å²) < 4.78 is 23.8. The van der Waals surface area contributed by atoms with Crippen LogP contribution >= 0.6 is 0 Å². The molecule has 0 aliphatic heterocycles. The summed E-state index contributed by atoms with van der Waals surface area (Å²) in [6, 6.07) is 0. The van der Waals surface area contributed by atoms with Crippen LogP contribution in [0.4, 0.5) is 0 Å². The average Bonchev–Trinajstić information content (AvgIpc) is 2.72. The summed E-state index contributed by atoms with van der Waals surface area (Å²) in [6.45, 7) is 14.7. The highest BCUT2D eigenvalue weighted by molar-refractivity contribution is 7.83. The Morgan fingerprint density at radius 3 is 2.43 bits per heavy atom. The highest BCUT2D eigenvalue weighted by Crippen LogP contribution is 2.08. The standard InChI is InChI=1S/C23H31NO5S/c1-7-9-10-15-22(25)24(6)30(27)18-12-11-14-21(13-8-2)23(26)29-17-16-28-20(5)19(3)4/h8,11-13H,2-3,5,10,14-18H2,1,4,6H3/b12-11-,21-13+. The van der Waals surface area contributed by atoms with Crippen molar-refractivity contribution in [3.8, 4) is 11.8 Å². The molecule has 0 heterocycles. The smallest absolute Gasteiger partial charge is 0.334 e. The Labute approximate surface area is 182 Å². The van der Waals surface area contributed by atoms with E-state index in [2.05, 4.69) is 31.6 Å².